The van der Waals surface area contributed by atoms with Crippen LogP contribution in [0, 0.1) is 5.82 Å². The van der Waals surface area contributed by atoms with Gasteiger partial charge in [0.15, 0.2) is 0 Å². The lowest BCUT2D eigenvalue weighted by atomic mass is 10.0. The zero-order valence-electron chi connectivity index (χ0n) is 16.7. The summed E-state index contributed by atoms with van der Waals surface area (Å²) in [6.45, 7) is 0.761. The Labute approximate surface area is 175 Å². The number of benzene rings is 2. The summed E-state index contributed by atoms with van der Waals surface area (Å²) in [4.78, 5) is 27.6. The lowest BCUT2D eigenvalue weighted by Crippen LogP contribution is -2.45. The van der Waals surface area contributed by atoms with Crippen LogP contribution >= 0.6 is 0 Å². The first-order chi connectivity index (χ1) is 14.6. The minimum atomic E-state index is -0.318. The maximum Gasteiger partial charge on any atom is 0.254 e. The van der Waals surface area contributed by atoms with E-state index >= 15 is 0 Å². The maximum absolute atomic E-state index is 13.6. The summed E-state index contributed by atoms with van der Waals surface area (Å²) in [6, 6.07) is 12.9. The van der Waals surface area contributed by atoms with Gasteiger partial charge in [0.05, 0.1) is 18.1 Å². The van der Waals surface area contributed by atoms with Crippen LogP contribution in [0.25, 0.3) is 0 Å². The molecule has 0 aromatic heterocycles. The number of hydrogen-bond donors (Lipinski definition) is 2. The van der Waals surface area contributed by atoms with Gasteiger partial charge in [0.25, 0.3) is 5.91 Å². The van der Waals surface area contributed by atoms with E-state index in [9.17, 15) is 14.0 Å². The van der Waals surface area contributed by atoms with Crippen molar-refractivity contribution in [1.82, 2.24) is 10.2 Å². The van der Waals surface area contributed by atoms with Crippen molar-refractivity contribution in [3.8, 4) is 5.75 Å². The molecule has 2 aromatic rings. The van der Waals surface area contributed by atoms with Gasteiger partial charge in [-0.25, -0.2) is 4.39 Å². The van der Waals surface area contributed by atoms with Crippen molar-refractivity contribution < 1.29 is 18.7 Å². The van der Waals surface area contributed by atoms with Crippen molar-refractivity contribution in [3.63, 3.8) is 0 Å². The molecule has 0 spiro atoms. The molecule has 4 rings (SSSR count). The molecule has 0 saturated carbocycles. The van der Waals surface area contributed by atoms with Crippen LogP contribution in [0.5, 0.6) is 5.75 Å². The number of hydrogen-bond acceptors (Lipinski definition) is 4. The van der Waals surface area contributed by atoms with Crippen LogP contribution in [0.15, 0.2) is 48.5 Å². The van der Waals surface area contributed by atoms with Gasteiger partial charge in [-0.05, 0) is 55.2 Å². The Hall–Kier alpha value is -2.93. The molecular weight excluding hydrogens is 385 g/mol. The van der Waals surface area contributed by atoms with Gasteiger partial charge in [0.2, 0.25) is 5.91 Å². The second-order valence-corrected chi connectivity index (χ2v) is 7.81. The van der Waals surface area contributed by atoms with Gasteiger partial charge in [-0.3, -0.25) is 9.59 Å². The Morgan fingerprint density at radius 1 is 1.23 bits per heavy atom. The van der Waals surface area contributed by atoms with Crippen molar-refractivity contribution in [2.75, 3.05) is 13.2 Å². The molecule has 158 valence electrons. The van der Waals surface area contributed by atoms with Crippen molar-refractivity contribution >= 4 is 11.8 Å². The summed E-state index contributed by atoms with van der Waals surface area (Å²) in [6.07, 6.45) is 2.55. The Balaban J connectivity index is 1.68. The van der Waals surface area contributed by atoms with Gasteiger partial charge < -0.3 is 20.7 Å². The van der Waals surface area contributed by atoms with Crippen LogP contribution in [-0.4, -0.2) is 41.9 Å². The van der Waals surface area contributed by atoms with Crippen molar-refractivity contribution in [2.45, 2.75) is 43.8 Å². The van der Waals surface area contributed by atoms with Crippen LogP contribution in [0.1, 0.15) is 47.6 Å². The Bertz CT molecular complexity index is 918. The van der Waals surface area contributed by atoms with Gasteiger partial charge in [0.1, 0.15) is 18.2 Å². The fourth-order valence-electron chi connectivity index (χ4n) is 4.50. The maximum atomic E-state index is 13.6. The smallest absolute Gasteiger partial charge is 0.254 e. The molecule has 3 atom stereocenters. The number of amides is 2. The zero-order valence-corrected chi connectivity index (χ0v) is 16.7. The third kappa shape index (κ3) is 4.16. The second-order valence-electron chi connectivity index (χ2n) is 7.81. The highest BCUT2D eigenvalue weighted by Crippen LogP contribution is 2.40. The number of halogens is 1. The van der Waals surface area contributed by atoms with E-state index in [4.69, 9.17) is 10.5 Å². The second kappa shape index (κ2) is 8.83. The standard InChI is InChI=1S/C23H26FN3O3/c24-17-9-7-15(8-10-17)21-14-19-20(5-2-6-22(28)26-19)27(21)23(29)16-3-1-4-18(13-16)30-12-11-25/h1,3-4,7-10,13,19-21H,2,5-6,11-12,14,25H2,(H,26,28)/t19-,20+,21+/m1/s1. The van der Waals surface area contributed by atoms with E-state index < -0.39 is 0 Å². The molecule has 2 amide bonds. The van der Waals surface area contributed by atoms with Crippen LogP contribution in [0.2, 0.25) is 0 Å². The summed E-state index contributed by atoms with van der Waals surface area (Å²) < 4.78 is 19.1. The topological polar surface area (TPSA) is 84.7 Å². The largest absolute Gasteiger partial charge is 0.492 e. The van der Waals surface area contributed by atoms with E-state index in [1.54, 1.807) is 36.4 Å². The highest BCUT2D eigenvalue weighted by atomic mass is 19.1. The Morgan fingerprint density at radius 3 is 2.80 bits per heavy atom. The summed E-state index contributed by atoms with van der Waals surface area (Å²) in [5.74, 6) is 0.175. The SMILES string of the molecule is NCCOc1cccc(C(=O)N2[C@H](c3ccc(F)cc3)C[C@H]3NC(=O)CCC[C@@H]32)c1. The summed E-state index contributed by atoms with van der Waals surface area (Å²) in [5, 5.41) is 3.08. The summed E-state index contributed by atoms with van der Waals surface area (Å²) in [7, 11) is 0. The molecule has 2 heterocycles. The average molecular weight is 411 g/mol. The lowest BCUT2D eigenvalue weighted by Gasteiger charge is -2.31. The molecule has 2 aromatic carbocycles. The highest BCUT2D eigenvalue weighted by molar-refractivity contribution is 5.95. The number of nitrogens with two attached hydrogens (primary N) is 1. The highest BCUT2D eigenvalue weighted by Gasteiger charge is 2.45. The van der Waals surface area contributed by atoms with E-state index in [0.717, 1.165) is 18.4 Å². The zero-order chi connectivity index (χ0) is 21.1. The number of rotatable bonds is 5. The Morgan fingerprint density at radius 2 is 2.03 bits per heavy atom. The van der Waals surface area contributed by atoms with E-state index in [0.29, 0.717) is 37.3 Å². The number of ether oxygens (including phenoxy) is 1. The van der Waals surface area contributed by atoms with Gasteiger partial charge >= 0.3 is 0 Å². The van der Waals surface area contributed by atoms with Crippen molar-refractivity contribution in [1.29, 1.82) is 0 Å². The van der Waals surface area contributed by atoms with Crippen LogP contribution in [0.3, 0.4) is 0 Å². The van der Waals surface area contributed by atoms with Gasteiger partial charge in [-0.2, -0.15) is 0 Å². The normalized spacial score (nSPS) is 23.5. The third-order valence-electron chi connectivity index (χ3n) is 5.84. The summed E-state index contributed by atoms with van der Waals surface area (Å²) >= 11 is 0. The van der Waals surface area contributed by atoms with Crippen LogP contribution < -0.4 is 15.8 Å². The third-order valence-corrected chi connectivity index (χ3v) is 5.84. The van der Waals surface area contributed by atoms with Crippen molar-refractivity contribution in [3.05, 3.63) is 65.5 Å². The molecule has 2 aliphatic rings. The number of nitrogens with one attached hydrogen (secondary N) is 1. The number of carbonyl (C=O) groups excluding carboxylic acids is 2. The molecule has 0 aliphatic carbocycles. The van der Waals surface area contributed by atoms with E-state index in [-0.39, 0.29) is 35.8 Å². The predicted octanol–water partition coefficient (Wildman–Crippen LogP) is 2.79. The molecule has 2 aliphatic heterocycles. The minimum Gasteiger partial charge on any atom is -0.492 e. The van der Waals surface area contributed by atoms with E-state index in [1.807, 2.05) is 4.90 Å². The fraction of sp³-hybridized carbons (Fsp3) is 0.391. The Kier molecular flexibility index (Phi) is 5.99. The molecule has 30 heavy (non-hydrogen) atoms. The number of fused-ring (bicyclic) bond motifs is 1. The van der Waals surface area contributed by atoms with E-state index in [2.05, 4.69) is 5.32 Å². The van der Waals surface area contributed by atoms with Crippen molar-refractivity contribution in [2.24, 2.45) is 5.73 Å². The quantitative estimate of drug-likeness (QED) is 0.792. The molecular formula is C23H26FN3O3. The molecule has 0 unspecified atom stereocenters. The first-order valence-corrected chi connectivity index (χ1v) is 10.4. The van der Waals surface area contributed by atoms with Crippen LogP contribution in [-0.2, 0) is 4.79 Å². The lowest BCUT2D eigenvalue weighted by molar-refractivity contribution is -0.121. The van der Waals surface area contributed by atoms with Gasteiger partial charge in [-0.1, -0.05) is 18.2 Å². The van der Waals surface area contributed by atoms with Gasteiger partial charge in [-0.15, -0.1) is 0 Å². The van der Waals surface area contributed by atoms with Crippen LogP contribution in [0.4, 0.5) is 4.39 Å². The summed E-state index contributed by atoms with van der Waals surface area (Å²) in [5.41, 5.74) is 6.89. The molecule has 3 N–H and O–H groups in total. The monoisotopic (exact) mass is 411 g/mol. The number of carbonyl (C=O) groups is 2. The first kappa shape index (κ1) is 20.3. The van der Waals surface area contributed by atoms with Gasteiger partial charge in [0, 0.05) is 18.5 Å². The first-order valence-electron chi connectivity index (χ1n) is 10.4. The predicted molar refractivity (Wildman–Crippen MR) is 110 cm³/mol. The number of nitrogens with zero attached hydrogens (tertiary/aromatic N) is 1. The molecule has 0 bridgehead atoms. The number of likely N-dealkylation sites (tertiary alicyclic amines) is 1. The molecule has 6 nitrogen and oxygen atoms in total. The molecule has 7 heteroatoms. The average Bonchev–Trinajstić information content (AvgIpc) is 2.99. The fourth-order valence-corrected chi connectivity index (χ4v) is 4.50. The molecule has 2 fully saturated rings. The minimum absolute atomic E-state index is 0.0202. The van der Waals surface area contributed by atoms with E-state index in [1.165, 1.54) is 12.1 Å². The molecule has 0 radical (unpaired) electrons. The molecule has 2 saturated heterocycles.